The van der Waals surface area contributed by atoms with E-state index >= 15 is 0 Å². The van der Waals surface area contributed by atoms with Gasteiger partial charge in [-0.15, -0.1) is 0 Å². The number of pyridine rings is 1. The molecule has 0 saturated heterocycles. The van der Waals surface area contributed by atoms with Crippen molar-refractivity contribution < 1.29 is 4.39 Å². The molecule has 0 radical (unpaired) electrons. The Morgan fingerprint density at radius 3 is 2.76 bits per heavy atom. The number of rotatable bonds is 1. The number of halogens is 1. The van der Waals surface area contributed by atoms with E-state index < -0.39 is 0 Å². The molecular weight excluding hydrogens is 213 g/mol. The normalized spacial score (nSPS) is 20.9. The highest BCUT2D eigenvalue weighted by molar-refractivity contribution is 5.60. The van der Waals surface area contributed by atoms with Gasteiger partial charge in [0.1, 0.15) is 5.83 Å². The Morgan fingerprint density at radius 2 is 1.94 bits per heavy atom. The molecule has 0 unspecified atom stereocenters. The van der Waals surface area contributed by atoms with E-state index in [1.165, 1.54) is 37.7 Å². The topological polar surface area (TPSA) is 12.9 Å². The van der Waals surface area contributed by atoms with Crippen LogP contribution in [0.5, 0.6) is 0 Å². The van der Waals surface area contributed by atoms with Gasteiger partial charge >= 0.3 is 0 Å². The highest BCUT2D eigenvalue weighted by Gasteiger charge is 2.21. The van der Waals surface area contributed by atoms with Crippen LogP contribution in [0.1, 0.15) is 61.3 Å². The summed E-state index contributed by atoms with van der Waals surface area (Å²) in [6.45, 7) is 0. The second-order valence-electron chi connectivity index (χ2n) is 5.19. The van der Waals surface area contributed by atoms with Gasteiger partial charge in [0, 0.05) is 23.9 Å². The molecule has 1 fully saturated rings. The second kappa shape index (κ2) is 4.59. The second-order valence-corrected chi connectivity index (χ2v) is 5.19. The van der Waals surface area contributed by atoms with Crippen LogP contribution in [-0.2, 0) is 6.42 Å². The fourth-order valence-electron chi connectivity index (χ4n) is 3.14. The van der Waals surface area contributed by atoms with E-state index in [9.17, 15) is 4.39 Å². The Kier molecular flexibility index (Phi) is 2.96. The lowest BCUT2D eigenvalue weighted by molar-refractivity contribution is 0.442. The molecular formula is C15H18FN. The van der Waals surface area contributed by atoms with Gasteiger partial charge in [0.05, 0.1) is 0 Å². The van der Waals surface area contributed by atoms with Crippen molar-refractivity contribution in [3.8, 4) is 0 Å². The molecule has 3 rings (SSSR count). The summed E-state index contributed by atoms with van der Waals surface area (Å²) in [5, 5.41) is 0. The van der Waals surface area contributed by atoms with E-state index in [-0.39, 0.29) is 5.83 Å². The molecule has 0 atom stereocenters. The van der Waals surface area contributed by atoms with Crippen molar-refractivity contribution in [3.63, 3.8) is 0 Å². The number of allylic oxidation sites excluding steroid dienone is 1. The number of hydrogen-bond donors (Lipinski definition) is 0. The maximum atomic E-state index is 13.4. The number of aromatic nitrogens is 1. The van der Waals surface area contributed by atoms with Crippen molar-refractivity contribution in [2.75, 3.05) is 0 Å². The first kappa shape index (κ1) is 10.9. The van der Waals surface area contributed by atoms with E-state index in [1.807, 2.05) is 6.20 Å². The highest BCUT2D eigenvalue weighted by atomic mass is 19.1. The van der Waals surface area contributed by atoms with E-state index in [4.69, 9.17) is 0 Å². The van der Waals surface area contributed by atoms with Crippen LogP contribution in [0.2, 0.25) is 0 Å². The van der Waals surface area contributed by atoms with Crippen molar-refractivity contribution in [2.24, 2.45) is 0 Å². The first-order valence-corrected chi connectivity index (χ1v) is 6.68. The molecule has 17 heavy (non-hydrogen) atoms. The Balaban J connectivity index is 2.00. The molecule has 0 N–H and O–H groups in total. The monoisotopic (exact) mass is 231 g/mol. The summed E-state index contributed by atoms with van der Waals surface area (Å²) < 4.78 is 13.4. The molecule has 0 aliphatic heterocycles. The lowest BCUT2D eigenvalue weighted by Crippen LogP contribution is -2.10. The third kappa shape index (κ3) is 2.13. The standard InChI is InChI=1S/C15H18FN/c16-12-6-7-15-14(10-12)13(8-9-17-15)11-4-2-1-3-5-11/h8-11H,1-7H2. The summed E-state index contributed by atoms with van der Waals surface area (Å²) in [7, 11) is 0. The van der Waals surface area contributed by atoms with Crippen molar-refractivity contribution in [3.05, 3.63) is 34.9 Å². The fraction of sp³-hybridized carbons (Fsp3) is 0.533. The Morgan fingerprint density at radius 1 is 1.12 bits per heavy atom. The molecule has 2 aliphatic carbocycles. The lowest BCUT2D eigenvalue weighted by atomic mass is 9.81. The van der Waals surface area contributed by atoms with Gasteiger partial charge in [-0.1, -0.05) is 19.3 Å². The van der Waals surface area contributed by atoms with Gasteiger partial charge in [0.15, 0.2) is 0 Å². The maximum Gasteiger partial charge on any atom is 0.101 e. The van der Waals surface area contributed by atoms with Gasteiger partial charge in [0.25, 0.3) is 0 Å². The van der Waals surface area contributed by atoms with E-state index in [0.717, 1.165) is 17.7 Å². The van der Waals surface area contributed by atoms with Crippen LogP contribution in [0.4, 0.5) is 4.39 Å². The van der Waals surface area contributed by atoms with Gasteiger partial charge in [-0.05, 0) is 42.9 Å². The Bertz CT molecular complexity index is 444. The van der Waals surface area contributed by atoms with Crippen molar-refractivity contribution in [2.45, 2.75) is 50.9 Å². The maximum absolute atomic E-state index is 13.4. The van der Waals surface area contributed by atoms with Crippen molar-refractivity contribution in [1.29, 1.82) is 0 Å². The lowest BCUT2D eigenvalue weighted by Gasteiger charge is -2.25. The van der Waals surface area contributed by atoms with Crippen LogP contribution in [-0.4, -0.2) is 4.98 Å². The smallest absolute Gasteiger partial charge is 0.101 e. The van der Waals surface area contributed by atoms with Crippen LogP contribution in [0, 0.1) is 0 Å². The Labute approximate surface area is 102 Å². The van der Waals surface area contributed by atoms with E-state index in [0.29, 0.717) is 12.3 Å². The molecule has 1 aromatic rings. The molecule has 1 heterocycles. The van der Waals surface area contributed by atoms with Crippen molar-refractivity contribution in [1.82, 2.24) is 4.98 Å². The third-order valence-corrected chi connectivity index (χ3v) is 4.05. The van der Waals surface area contributed by atoms with Crippen LogP contribution in [0.3, 0.4) is 0 Å². The quantitative estimate of drug-likeness (QED) is 0.698. The van der Waals surface area contributed by atoms with Crippen molar-refractivity contribution >= 4 is 6.08 Å². The Hall–Kier alpha value is -1.18. The highest BCUT2D eigenvalue weighted by Crippen LogP contribution is 2.37. The molecule has 90 valence electrons. The largest absolute Gasteiger partial charge is 0.261 e. The zero-order chi connectivity index (χ0) is 11.7. The molecule has 1 aromatic heterocycles. The molecule has 2 heteroatoms. The molecule has 1 nitrogen and oxygen atoms in total. The molecule has 2 aliphatic rings. The average Bonchev–Trinajstić information content (AvgIpc) is 2.39. The fourth-order valence-corrected chi connectivity index (χ4v) is 3.14. The van der Waals surface area contributed by atoms with E-state index in [1.54, 1.807) is 6.08 Å². The van der Waals surface area contributed by atoms with Gasteiger partial charge in [-0.2, -0.15) is 0 Å². The number of hydrogen-bond acceptors (Lipinski definition) is 1. The minimum atomic E-state index is 0.0163. The summed E-state index contributed by atoms with van der Waals surface area (Å²) in [5.74, 6) is 0.644. The minimum Gasteiger partial charge on any atom is -0.261 e. The van der Waals surface area contributed by atoms with Gasteiger partial charge < -0.3 is 0 Å². The zero-order valence-electron chi connectivity index (χ0n) is 10.1. The van der Waals surface area contributed by atoms with Gasteiger partial charge in [-0.3, -0.25) is 4.98 Å². The van der Waals surface area contributed by atoms with Crippen LogP contribution >= 0.6 is 0 Å². The van der Waals surface area contributed by atoms with Gasteiger partial charge in [0.2, 0.25) is 0 Å². The van der Waals surface area contributed by atoms with Crippen LogP contribution in [0.15, 0.2) is 18.1 Å². The summed E-state index contributed by atoms with van der Waals surface area (Å²) in [6, 6.07) is 2.10. The third-order valence-electron chi connectivity index (χ3n) is 4.05. The summed E-state index contributed by atoms with van der Waals surface area (Å²) in [5.41, 5.74) is 3.52. The SMILES string of the molecule is FC1=Cc2c(C3CCCCC3)ccnc2CC1. The minimum absolute atomic E-state index is 0.0163. The number of nitrogens with zero attached hydrogens (tertiary/aromatic N) is 1. The molecule has 0 bridgehead atoms. The summed E-state index contributed by atoms with van der Waals surface area (Å²) >= 11 is 0. The molecule has 0 amide bonds. The first-order valence-electron chi connectivity index (χ1n) is 6.68. The average molecular weight is 231 g/mol. The molecule has 0 aromatic carbocycles. The predicted molar refractivity (Wildman–Crippen MR) is 67.5 cm³/mol. The summed E-state index contributed by atoms with van der Waals surface area (Å²) in [6.07, 6.45) is 11.4. The number of fused-ring (bicyclic) bond motifs is 1. The molecule has 0 spiro atoms. The van der Waals surface area contributed by atoms with Crippen LogP contribution in [0.25, 0.3) is 6.08 Å². The first-order chi connectivity index (χ1) is 8.34. The summed E-state index contributed by atoms with van der Waals surface area (Å²) in [4.78, 5) is 4.40. The zero-order valence-corrected chi connectivity index (χ0v) is 10.1. The van der Waals surface area contributed by atoms with Crippen LogP contribution < -0.4 is 0 Å². The van der Waals surface area contributed by atoms with Gasteiger partial charge in [-0.25, -0.2) is 4.39 Å². The predicted octanol–water partition coefficient (Wildman–Crippen LogP) is 4.39. The number of aryl methyl sites for hydroxylation is 1. The molecule has 1 saturated carbocycles. The van der Waals surface area contributed by atoms with E-state index in [2.05, 4.69) is 11.1 Å².